The van der Waals surface area contributed by atoms with E-state index < -0.39 is 17.1 Å². The summed E-state index contributed by atoms with van der Waals surface area (Å²) in [5, 5.41) is 6.98. The Morgan fingerprint density at radius 3 is 2.46 bits per heavy atom. The molecule has 4 aromatic heterocycles. The lowest BCUT2D eigenvalue weighted by Gasteiger charge is -2.30. The zero-order chi connectivity index (χ0) is 34.2. The van der Waals surface area contributed by atoms with Crippen molar-refractivity contribution in [1.29, 1.82) is 0 Å². The van der Waals surface area contributed by atoms with Gasteiger partial charge in [-0.15, -0.1) is 0 Å². The maximum absolute atomic E-state index is 14.5. The van der Waals surface area contributed by atoms with E-state index in [1.807, 2.05) is 24.3 Å². The predicted octanol–water partition coefficient (Wildman–Crippen LogP) is 4.82. The minimum absolute atomic E-state index is 0.0656. The van der Waals surface area contributed by atoms with Crippen LogP contribution in [0.1, 0.15) is 43.0 Å². The number of pyridine rings is 2. The van der Waals surface area contributed by atoms with Gasteiger partial charge < -0.3 is 15.0 Å². The van der Waals surface area contributed by atoms with Crippen molar-refractivity contribution in [1.82, 2.24) is 39.0 Å². The van der Waals surface area contributed by atoms with Crippen LogP contribution in [0, 0.1) is 11.6 Å². The van der Waals surface area contributed by atoms with Gasteiger partial charge in [0.15, 0.2) is 5.65 Å². The van der Waals surface area contributed by atoms with Crippen molar-refractivity contribution >= 4 is 16.7 Å². The first-order valence-corrected chi connectivity index (χ1v) is 17.2. The topological polar surface area (TPSA) is 101 Å². The minimum Gasteiger partial charge on any atom is -0.314 e. The molecule has 1 aliphatic carbocycles. The van der Waals surface area contributed by atoms with Gasteiger partial charge in [0.2, 0.25) is 0 Å². The highest BCUT2D eigenvalue weighted by molar-refractivity contribution is 5.76. The molecule has 2 N–H and O–H groups in total. The minimum atomic E-state index is -0.636. The van der Waals surface area contributed by atoms with E-state index in [0.717, 1.165) is 68.6 Å². The van der Waals surface area contributed by atoms with Gasteiger partial charge in [0.05, 0.1) is 23.0 Å². The molecule has 6 aromatic rings. The highest BCUT2D eigenvalue weighted by Gasteiger charge is 2.27. The first kappa shape index (κ1) is 32.2. The molecule has 8 rings (SSSR count). The standard InChI is InChI=1S/C38H38F2N8O2/c39-28-8-13-35-44-31(24-46(35)23-28)21-42-30-9-11-32(12-10-30)48-37(49)34-19-29(40)20-43-36(34)47(38(48)50)33-3-1-2-27(18-33)26-6-4-25(5-7-26)22-45-16-14-41-15-17-45/h1-8,13,18-20,23-24,30,32,41-42H,9-12,14-17,21-22H2. The fourth-order valence-electron chi connectivity index (χ4n) is 7.38. The number of hydrogen-bond acceptors (Lipinski definition) is 7. The molecule has 2 aliphatic rings. The molecule has 50 heavy (non-hydrogen) atoms. The Morgan fingerprint density at radius 1 is 0.860 bits per heavy atom. The molecule has 1 aliphatic heterocycles. The number of piperazine rings is 1. The molecule has 2 aromatic carbocycles. The Kier molecular flexibility index (Phi) is 8.82. The summed E-state index contributed by atoms with van der Waals surface area (Å²) in [5.41, 5.74) is 4.30. The molecule has 5 heterocycles. The average molecular weight is 677 g/mol. The zero-order valence-electron chi connectivity index (χ0n) is 27.6. The van der Waals surface area contributed by atoms with E-state index in [4.69, 9.17) is 0 Å². The van der Waals surface area contributed by atoms with E-state index >= 15 is 0 Å². The molecule has 256 valence electrons. The van der Waals surface area contributed by atoms with E-state index in [1.54, 1.807) is 16.7 Å². The third kappa shape index (κ3) is 6.49. The molecule has 1 saturated heterocycles. The molecule has 12 heteroatoms. The van der Waals surface area contributed by atoms with Crippen molar-refractivity contribution in [3.05, 3.63) is 129 Å². The second-order valence-corrected chi connectivity index (χ2v) is 13.3. The van der Waals surface area contributed by atoms with Crippen LogP contribution in [0.2, 0.25) is 0 Å². The van der Waals surface area contributed by atoms with Gasteiger partial charge in [0, 0.05) is 63.7 Å². The molecule has 0 bridgehead atoms. The number of halogens is 2. The van der Waals surface area contributed by atoms with E-state index in [-0.39, 0.29) is 28.9 Å². The smallest absolute Gasteiger partial charge is 0.314 e. The normalized spacial score (nSPS) is 18.6. The van der Waals surface area contributed by atoms with Crippen molar-refractivity contribution in [3.63, 3.8) is 0 Å². The summed E-state index contributed by atoms with van der Waals surface area (Å²) in [6.45, 7) is 5.47. The number of rotatable bonds is 8. The number of fused-ring (bicyclic) bond motifs is 2. The van der Waals surface area contributed by atoms with Crippen LogP contribution in [0.4, 0.5) is 8.78 Å². The van der Waals surface area contributed by atoms with Crippen LogP contribution in [-0.4, -0.2) is 60.6 Å². The van der Waals surface area contributed by atoms with Gasteiger partial charge in [0.25, 0.3) is 5.56 Å². The van der Waals surface area contributed by atoms with Crippen molar-refractivity contribution < 1.29 is 8.78 Å². The zero-order valence-corrected chi connectivity index (χ0v) is 27.6. The first-order valence-electron chi connectivity index (χ1n) is 17.2. The summed E-state index contributed by atoms with van der Waals surface area (Å²) in [7, 11) is 0. The maximum atomic E-state index is 14.5. The van der Waals surface area contributed by atoms with Gasteiger partial charge in [-0.1, -0.05) is 36.4 Å². The van der Waals surface area contributed by atoms with Crippen molar-refractivity contribution in [2.75, 3.05) is 26.2 Å². The lowest BCUT2D eigenvalue weighted by Crippen LogP contribution is -2.44. The fourth-order valence-corrected chi connectivity index (χ4v) is 7.38. The number of hydrogen-bond donors (Lipinski definition) is 2. The summed E-state index contributed by atoms with van der Waals surface area (Å²) in [5.74, 6) is -0.961. The van der Waals surface area contributed by atoms with Gasteiger partial charge in [-0.25, -0.2) is 28.1 Å². The van der Waals surface area contributed by atoms with Crippen LogP contribution < -0.4 is 21.9 Å². The van der Waals surface area contributed by atoms with Gasteiger partial charge in [-0.05, 0) is 72.7 Å². The van der Waals surface area contributed by atoms with E-state index in [0.29, 0.717) is 30.7 Å². The second kappa shape index (κ2) is 13.7. The highest BCUT2D eigenvalue weighted by atomic mass is 19.1. The summed E-state index contributed by atoms with van der Waals surface area (Å²) in [4.78, 5) is 39.4. The predicted molar refractivity (Wildman–Crippen MR) is 188 cm³/mol. The first-order chi connectivity index (χ1) is 24.4. The molecule has 0 amide bonds. The summed E-state index contributed by atoms with van der Waals surface area (Å²) in [6.07, 6.45) is 6.90. The Labute approximate surface area is 287 Å². The number of benzene rings is 2. The molecule has 0 atom stereocenters. The van der Waals surface area contributed by atoms with Crippen LogP contribution in [0.5, 0.6) is 0 Å². The summed E-state index contributed by atoms with van der Waals surface area (Å²) >= 11 is 0. The molecule has 0 spiro atoms. The van der Waals surface area contributed by atoms with Gasteiger partial charge in [0.1, 0.15) is 17.3 Å². The summed E-state index contributed by atoms with van der Waals surface area (Å²) < 4.78 is 32.5. The highest BCUT2D eigenvalue weighted by Crippen LogP contribution is 2.29. The Balaban J connectivity index is 1.04. The molecule has 0 unspecified atom stereocenters. The number of nitrogens with zero attached hydrogens (tertiary/aromatic N) is 6. The largest absolute Gasteiger partial charge is 0.337 e. The molecular formula is C38H38F2N8O2. The maximum Gasteiger partial charge on any atom is 0.337 e. The van der Waals surface area contributed by atoms with Gasteiger partial charge in [-0.3, -0.25) is 14.3 Å². The molecule has 2 fully saturated rings. The van der Waals surface area contributed by atoms with Crippen LogP contribution >= 0.6 is 0 Å². The van der Waals surface area contributed by atoms with Crippen LogP contribution in [0.15, 0.2) is 94.9 Å². The van der Waals surface area contributed by atoms with E-state index in [1.165, 1.54) is 33.0 Å². The average Bonchev–Trinajstić information content (AvgIpc) is 3.54. The van der Waals surface area contributed by atoms with Crippen molar-refractivity contribution in [2.24, 2.45) is 0 Å². The second-order valence-electron chi connectivity index (χ2n) is 13.3. The fraction of sp³-hybridized carbons (Fsp3) is 0.316. The molecule has 1 saturated carbocycles. The van der Waals surface area contributed by atoms with Gasteiger partial charge in [-0.2, -0.15) is 0 Å². The number of imidazole rings is 1. The molecule has 0 radical (unpaired) electrons. The third-order valence-electron chi connectivity index (χ3n) is 10.00. The van der Waals surface area contributed by atoms with Gasteiger partial charge >= 0.3 is 5.69 Å². The van der Waals surface area contributed by atoms with E-state index in [9.17, 15) is 18.4 Å². The summed E-state index contributed by atoms with van der Waals surface area (Å²) in [6, 6.07) is 20.1. The van der Waals surface area contributed by atoms with Crippen molar-refractivity contribution in [2.45, 2.75) is 50.9 Å². The Hall–Kier alpha value is -5.04. The SMILES string of the molecule is O=c1c2cc(F)cnc2n(-c2cccc(-c3ccc(CN4CCNCC4)cc3)c2)c(=O)n1C1CCC(NCc2cn3cc(F)ccc3n2)CC1. The van der Waals surface area contributed by atoms with Crippen molar-refractivity contribution in [3.8, 4) is 16.8 Å². The van der Waals surface area contributed by atoms with E-state index in [2.05, 4.69) is 49.8 Å². The van der Waals surface area contributed by atoms with Crippen LogP contribution in [0.25, 0.3) is 33.5 Å². The van der Waals surface area contributed by atoms with Crippen LogP contribution in [0.3, 0.4) is 0 Å². The lowest BCUT2D eigenvalue weighted by atomic mass is 9.91. The quantitative estimate of drug-likeness (QED) is 0.239. The molecular weight excluding hydrogens is 638 g/mol. The van der Waals surface area contributed by atoms with Crippen LogP contribution in [-0.2, 0) is 13.1 Å². The Bertz CT molecular complexity index is 2280. The lowest BCUT2D eigenvalue weighted by molar-refractivity contribution is 0.233. The number of aromatic nitrogens is 5. The Morgan fingerprint density at radius 2 is 1.66 bits per heavy atom. The molecule has 10 nitrogen and oxygen atoms in total. The number of nitrogens with one attached hydrogen (secondary N) is 2. The monoisotopic (exact) mass is 676 g/mol. The third-order valence-corrected chi connectivity index (χ3v) is 10.00.